The molecule has 2 aliphatic rings. The molecule has 0 bridgehead atoms. The van der Waals surface area contributed by atoms with Crippen molar-refractivity contribution in [3.63, 3.8) is 0 Å². The van der Waals surface area contributed by atoms with Gasteiger partial charge in [-0.15, -0.1) is 0 Å². The van der Waals surface area contributed by atoms with Crippen LogP contribution in [-0.4, -0.2) is 11.5 Å². The van der Waals surface area contributed by atoms with Crippen LogP contribution >= 0.6 is 11.6 Å². The van der Waals surface area contributed by atoms with E-state index in [1.54, 1.807) is 0 Å². The number of rotatable bonds is 1. The highest BCUT2D eigenvalue weighted by Crippen LogP contribution is 2.50. The maximum atomic E-state index is 10.8. The van der Waals surface area contributed by atoms with E-state index in [0.29, 0.717) is 0 Å². The summed E-state index contributed by atoms with van der Waals surface area (Å²) in [7, 11) is 0. The molecule has 1 fully saturated rings. The maximum Gasteiger partial charge on any atom is 0.404 e. The highest BCUT2D eigenvalue weighted by molar-refractivity contribution is 6.61. The summed E-state index contributed by atoms with van der Waals surface area (Å²) in [5, 5.41) is 0. The summed E-state index contributed by atoms with van der Waals surface area (Å²) in [4.78, 5) is 10.8. The molecule has 17 heavy (non-hydrogen) atoms. The zero-order valence-electron chi connectivity index (χ0n) is 10.7. The first-order valence-corrected chi connectivity index (χ1v) is 6.53. The molecule has 3 heteroatoms. The van der Waals surface area contributed by atoms with Crippen molar-refractivity contribution in [2.45, 2.75) is 52.6 Å². The lowest BCUT2D eigenvalue weighted by atomic mass is 9.63. The maximum absolute atomic E-state index is 10.8. The fraction of sp³-hybridized carbons (Fsp3) is 0.643. The van der Waals surface area contributed by atoms with E-state index in [-0.39, 0.29) is 11.5 Å². The quantitative estimate of drug-likeness (QED) is 0.505. The number of carbonyl (C=O) groups is 1. The monoisotopic (exact) mass is 254 g/mol. The molecule has 0 aromatic heterocycles. The van der Waals surface area contributed by atoms with Crippen LogP contribution in [0.1, 0.15) is 46.5 Å². The first kappa shape index (κ1) is 12.7. The molecule has 0 radical (unpaired) electrons. The van der Waals surface area contributed by atoms with Crippen molar-refractivity contribution in [2.75, 3.05) is 0 Å². The number of hydrogen-bond donors (Lipinski definition) is 0. The lowest BCUT2D eigenvalue weighted by molar-refractivity contribution is 0.0905. The predicted molar refractivity (Wildman–Crippen MR) is 69.2 cm³/mol. The summed E-state index contributed by atoms with van der Waals surface area (Å²) in [5.41, 5.74) is 3.88. The minimum absolute atomic E-state index is 0.0365. The average molecular weight is 255 g/mol. The van der Waals surface area contributed by atoms with Crippen molar-refractivity contribution in [2.24, 2.45) is 5.41 Å². The first-order valence-electron chi connectivity index (χ1n) is 6.16. The second kappa shape index (κ2) is 4.49. The van der Waals surface area contributed by atoms with Crippen LogP contribution in [0.25, 0.3) is 0 Å². The molecule has 2 nitrogen and oxygen atoms in total. The van der Waals surface area contributed by atoms with Gasteiger partial charge in [-0.2, -0.15) is 0 Å². The molecule has 0 heterocycles. The summed E-state index contributed by atoms with van der Waals surface area (Å²) >= 11 is 5.28. The van der Waals surface area contributed by atoms with Gasteiger partial charge in [-0.25, -0.2) is 4.79 Å². The molecule has 2 atom stereocenters. The fourth-order valence-corrected chi connectivity index (χ4v) is 3.18. The average Bonchev–Trinajstić information content (AvgIpc) is 2.26. The van der Waals surface area contributed by atoms with Gasteiger partial charge in [0.2, 0.25) is 0 Å². The van der Waals surface area contributed by atoms with E-state index in [0.717, 1.165) is 25.7 Å². The van der Waals surface area contributed by atoms with Crippen LogP contribution < -0.4 is 0 Å². The van der Waals surface area contributed by atoms with E-state index in [1.165, 1.54) is 16.7 Å². The van der Waals surface area contributed by atoms with Crippen molar-refractivity contribution in [3.05, 3.63) is 22.8 Å². The Morgan fingerprint density at radius 1 is 1.53 bits per heavy atom. The van der Waals surface area contributed by atoms with Crippen LogP contribution in [0.3, 0.4) is 0 Å². The standard InChI is InChI=1S/C14H19ClO2/c1-9-4-5-11-8-12(17-13(15)16)6-7-14(11,3)10(9)2/h5,12H,4,6-8H2,1-3H3. The van der Waals surface area contributed by atoms with Crippen molar-refractivity contribution < 1.29 is 9.53 Å². The van der Waals surface area contributed by atoms with Crippen molar-refractivity contribution in [1.82, 2.24) is 0 Å². The molecule has 0 N–H and O–H groups in total. The lowest BCUT2D eigenvalue weighted by Gasteiger charge is -2.43. The Morgan fingerprint density at radius 2 is 2.24 bits per heavy atom. The molecule has 0 saturated heterocycles. The lowest BCUT2D eigenvalue weighted by Crippen LogP contribution is -2.34. The van der Waals surface area contributed by atoms with Crippen molar-refractivity contribution >= 4 is 17.0 Å². The molecule has 94 valence electrons. The molecule has 2 rings (SSSR count). The van der Waals surface area contributed by atoms with E-state index in [2.05, 4.69) is 26.8 Å². The zero-order valence-corrected chi connectivity index (χ0v) is 11.4. The van der Waals surface area contributed by atoms with E-state index >= 15 is 0 Å². The van der Waals surface area contributed by atoms with Crippen LogP contribution in [0.15, 0.2) is 22.8 Å². The minimum Gasteiger partial charge on any atom is -0.450 e. The fourth-order valence-electron chi connectivity index (χ4n) is 3.05. The van der Waals surface area contributed by atoms with Gasteiger partial charge in [0.05, 0.1) is 0 Å². The molecule has 0 aromatic carbocycles. The predicted octanol–water partition coefficient (Wildman–Crippen LogP) is 4.59. The molecule has 0 spiro atoms. The Bertz CT molecular complexity index is 408. The van der Waals surface area contributed by atoms with Gasteiger partial charge < -0.3 is 4.74 Å². The van der Waals surface area contributed by atoms with E-state index in [1.807, 2.05) is 0 Å². The van der Waals surface area contributed by atoms with E-state index < -0.39 is 5.43 Å². The summed E-state index contributed by atoms with van der Waals surface area (Å²) in [5.74, 6) is 0. The Morgan fingerprint density at radius 3 is 2.88 bits per heavy atom. The Hall–Kier alpha value is -0.760. The molecule has 0 aliphatic heterocycles. The van der Waals surface area contributed by atoms with Gasteiger partial charge in [-0.05, 0) is 33.1 Å². The SMILES string of the molecule is CC1=C(C)C2(C)CCC(OC(=O)Cl)CC2=CC1. The highest BCUT2D eigenvalue weighted by Gasteiger charge is 2.39. The molecule has 1 saturated carbocycles. The van der Waals surface area contributed by atoms with Crippen LogP contribution in [0.2, 0.25) is 0 Å². The zero-order chi connectivity index (χ0) is 12.6. The second-order valence-corrected chi connectivity index (χ2v) is 5.70. The molecule has 0 amide bonds. The highest BCUT2D eigenvalue weighted by atomic mass is 35.5. The summed E-state index contributed by atoms with van der Waals surface area (Å²) < 4.78 is 5.12. The third-order valence-electron chi connectivity index (χ3n) is 4.50. The number of carbonyl (C=O) groups excluding carboxylic acids is 1. The molecule has 2 aliphatic carbocycles. The van der Waals surface area contributed by atoms with Gasteiger partial charge in [0.1, 0.15) is 6.10 Å². The van der Waals surface area contributed by atoms with Gasteiger partial charge in [-0.3, -0.25) is 0 Å². The molecule has 0 aromatic rings. The number of halogens is 1. The van der Waals surface area contributed by atoms with Gasteiger partial charge in [0, 0.05) is 23.4 Å². The van der Waals surface area contributed by atoms with E-state index in [9.17, 15) is 4.79 Å². The number of fused-ring (bicyclic) bond motifs is 1. The Labute approximate surface area is 108 Å². The summed E-state index contributed by atoms with van der Waals surface area (Å²) in [6.07, 6.45) is 6.06. The van der Waals surface area contributed by atoms with Crippen LogP contribution in [0.5, 0.6) is 0 Å². The summed E-state index contributed by atoms with van der Waals surface area (Å²) in [6, 6.07) is 0. The van der Waals surface area contributed by atoms with Gasteiger partial charge in [0.15, 0.2) is 0 Å². The topological polar surface area (TPSA) is 26.3 Å². The minimum atomic E-state index is -0.682. The van der Waals surface area contributed by atoms with Gasteiger partial charge >= 0.3 is 5.43 Å². The van der Waals surface area contributed by atoms with Gasteiger partial charge in [-0.1, -0.05) is 29.7 Å². The van der Waals surface area contributed by atoms with Crippen LogP contribution in [0, 0.1) is 5.41 Å². The van der Waals surface area contributed by atoms with E-state index in [4.69, 9.17) is 16.3 Å². The van der Waals surface area contributed by atoms with Gasteiger partial charge in [0.25, 0.3) is 0 Å². The second-order valence-electron chi connectivity index (χ2n) is 5.39. The summed E-state index contributed by atoms with van der Waals surface area (Å²) in [6.45, 7) is 6.74. The largest absolute Gasteiger partial charge is 0.450 e. The molecular weight excluding hydrogens is 236 g/mol. The Balaban J connectivity index is 2.17. The van der Waals surface area contributed by atoms with Crippen LogP contribution in [0.4, 0.5) is 4.79 Å². The smallest absolute Gasteiger partial charge is 0.404 e. The van der Waals surface area contributed by atoms with Crippen molar-refractivity contribution in [1.29, 1.82) is 0 Å². The number of ether oxygens (including phenoxy) is 1. The number of allylic oxidation sites excluding steroid dienone is 3. The third-order valence-corrected chi connectivity index (χ3v) is 4.59. The normalized spacial score (nSPS) is 32.9. The Kier molecular flexibility index (Phi) is 3.35. The number of hydrogen-bond acceptors (Lipinski definition) is 2. The molecular formula is C14H19ClO2. The van der Waals surface area contributed by atoms with Crippen LogP contribution in [-0.2, 0) is 4.74 Å². The van der Waals surface area contributed by atoms with Crippen molar-refractivity contribution in [3.8, 4) is 0 Å². The molecule has 2 unspecified atom stereocenters. The third kappa shape index (κ3) is 2.28. The first-order chi connectivity index (χ1) is 7.93.